The van der Waals surface area contributed by atoms with E-state index in [2.05, 4.69) is 32.2 Å². The van der Waals surface area contributed by atoms with Crippen LogP contribution in [0.15, 0.2) is 0 Å². The molecule has 3 unspecified atom stereocenters. The summed E-state index contributed by atoms with van der Waals surface area (Å²) in [6, 6.07) is 1.69. The minimum Gasteiger partial charge on any atom is -0.315 e. The molecule has 114 valence electrons. The largest absolute Gasteiger partial charge is 0.315 e. The fourth-order valence-electron chi connectivity index (χ4n) is 4.96. The maximum absolute atomic E-state index is 4.52. The number of piperazine rings is 1. The number of rotatable bonds is 2. The fraction of sp³-hybridized carbons (Fsp3) is 1.00. The van der Waals surface area contributed by atoms with E-state index in [-0.39, 0.29) is 0 Å². The normalized spacial score (nSPS) is 44.2. The SMILES string of the molecule is SN1CC2CC(N3CCN(C4CCNC4)CC3)CC2C1. The molecular formula is C15H28N4S. The summed E-state index contributed by atoms with van der Waals surface area (Å²) in [5, 5.41) is 3.50. The second kappa shape index (κ2) is 5.76. The molecule has 1 aliphatic carbocycles. The Kier molecular flexibility index (Phi) is 3.98. The lowest BCUT2D eigenvalue weighted by atomic mass is 10.0. The van der Waals surface area contributed by atoms with Gasteiger partial charge >= 0.3 is 0 Å². The molecule has 3 atom stereocenters. The van der Waals surface area contributed by atoms with Crippen molar-refractivity contribution >= 4 is 12.8 Å². The zero-order valence-electron chi connectivity index (χ0n) is 12.4. The van der Waals surface area contributed by atoms with Crippen LogP contribution < -0.4 is 5.32 Å². The van der Waals surface area contributed by atoms with Crippen LogP contribution in [-0.2, 0) is 0 Å². The molecule has 0 radical (unpaired) electrons. The van der Waals surface area contributed by atoms with Gasteiger partial charge in [-0.15, -0.1) is 0 Å². The van der Waals surface area contributed by atoms with Crippen molar-refractivity contribution < 1.29 is 0 Å². The quantitative estimate of drug-likeness (QED) is 0.725. The number of nitrogens with zero attached hydrogens (tertiary/aromatic N) is 3. The Morgan fingerprint density at radius 3 is 2.00 bits per heavy atom. The first-order valence-electron chi connectivity index (χ1n) is 8.42. The lowest BCUT2D eigenvalue weighted by Crippen LogP contribution is -2.53. The second-order valence-electron chi connectivity index (χ2n) is 7.24. The Hall–Kier alpha value is 0.190. The lowest BCUT2D eigenvalue weighted by molar-refractivity contribution is 0.0725. The molecule has 0 bridgehead atoms. The molecule has 20 heavy (non-hydrogen) atoms. The third-order valence-corrected chi connectivity index (χ3v) is 6.45. The van der Waals surface area contributed by atoms with Gasteiger partial charge in [-0.1, -0.05) is 12.8 Å². The standard InChI is InChI=1S/C15H28N4S/c20-19-10-12-7-15(8-13(12)11-19)18-5-3-17(4-6-18)14-1-2-16-9-14/h12-16,20H,1-11H2. The van der Waals surface area contributed by atoms with Crippen LogP contribution in [0.2, 0.25) is 0 Å². The van der Waals surface area contributed by atoms with Gasteiger partial charge in [0.2, 0.25) is 0 Å². The van der Waals surface area contributed by atoms with Gasteiger partial charge in [0.25, 0.3) is 0 Å². The van der Waals surface area contributed by atoms with Gasteiger partial charge in [0.1, 0.15) is 0 Å². The molecule has 4 rings (SSSR count). The van der Waals surface area contributed by atoms with Gasteiger partial charge in [0.15, 0.2) is 0 Å². The molecule has 4 aliphatic rings. The summed E-state index contributed by atoms with van der Waals surface area (Å²) in [5.74, 6) is 1.85. The molecule has 0 aromatic carbocycles. The molecule has 1 saturated carbocycles. The summed E-state index contributed by atoms with van der Waals surface area (Å²) in [7, 11) is 0. The Balaban J connectivity index is 1.28. The summed E-state index contributed by atoms with van der Waals surface area (Å²) in [6.07, 6.45) is 4.20. The van der Waals surface area contributed by atoms with Crippen molar-refractivity contribution in [3.63, 3.8) is 0 Å². The van der Waals surface area contributed by atoms with Crippen molar-refractivity contribution in [2.24, 2.45) is 11.8 Å². The highest BCUT2D eigenvalue weighted by molar-refractivity contribution is 7.77. The summed E-state index contributed by atoms with van der Waals surface area (Å²) in [4.78, 5) is 5.52. The molecule has 4 nitrogen and oxygen atoms in total. The predicted octanol–water partition coefficient (Wildman–Crippen LogP) is 0.521. The van der Waals surface area contributed by atoms with Crippen molar-refractivity contribution in [2.75, 3.05) is 52.4 Å². The Morgan fingerprint density at radius 1 is 0.850 bits per heavy atom. The second-order valence-corrected chi connectivity index (χ2v) is 7.80. The highest BCUT2D eigenvalue weighted by atomic mass is 32.1. The zero-order chi connectivity index (χ0) is 13.5. The highest BCUT2D eigenvalue weighted by Crippen LogP contribution is 2.40. The molecule has 3 aliphatic heterocycles. The average molecular weight is 296 g/mol. The van der Waals surface area contributed by atoms with Crippen LogP contribution in [0.25, 0.3) is 0 Å². The number of fused-ring (bicyclic) bond motifs is 1. The van der Waals surface area contributed by atoms with E-state index in [0.29, 0.717) is 0 Å². The molecule has 5 heteroatoms. The van der Waals surface area contributed by atoms with Gasteiger partial charge in [-0.2, -0.15) is 0 Å². The van der Waals surface area contributed by atoms with E-state index in [1.54, 1.807) is 0 Å². The fourth-order valence-corrected chi connectivity index (χ4v) is 5.38. The van der Waals surface area contributed by atoms with Crippen molar-refractivity contribution in [2.45, 2.75) is 31.3 Å². The van der Waals surface area contributed by atoms with E-state index in [9.17, 15) is 0 Å². The topological polar surface area (TPSA) is 21.8 Å². The van der Waals surface area contributed by atoms with Crippen LogP contribution in [0, 0.1) is 11.8 Å². The molecule has 0 amide bonds. The first-order chi connectivity index (χ1) is 9.79. The summed E-state index contributed by atoms with van der Waals surface area (Å²) >= 11 is 4.52. The minimum absolute atomic E-state index is 0.817. The van der Waals surface area contributed by atoms with Crippen LogP contribution >= 0.6 is 12.8 Å². The average Bonchev–Trinajstić information content (AvgIpc) is 3.13. The Morgan fingerprint density at radius 2 is 1.45 bits per heavy atom. The van der Waals surface area contributed by atoms with E-state index in [1.807, 2.05) is 0 Å². The number of hydrogen-bond donors (Lipinski definition) is 2. The van der Waals surface area contributed by atoms with E-state index in [1.165, 1.54) is 71.6 Å². The number of nitrogens with one attached hydrogen (secondary N) is 1. The van der Waals surface area contributed by atoms with Crippen molar-refractivity contribution in [1.82, 2.24) is 19.4 Å². The van der Waals surface area contributed by atoms with E-state index >= 15 is 0 Å². The van der Waals surface area contributed by atoms with Gasteiger partial charge in [-0.05, 0) is 37.6 Å². The molecule has 4 fully saturated rings. The Bertz CT molecular complexity index is 325. The number of thiol groups is 1. The first-order valence-corrected chi connectivity index (χ1v) is 8.82. The minimum atomic E-state index is 0.817. The summed E-state index contributed by atoms with van der Waals surface area (Å²) in [6.45, 7) is 10.0. The van der Waals surface area contributed by atoms with Crippen LogP contribution in [0.1, 0.15) is 19.3 Å². The highest BCUT2D eigenvalue weighted by Gasteiger charge is 2.42. The summed E-state index contributed by atoms with van der Waals surface area (Å²) < 4.78 is 2.23. The lowest BCUT2D eigenvalue weighted by Gasteiger charge is -2.40. The van der Waals surface area contributed by atoms with Gasteiger partial charge in [0.05, 0.1) is 0 Å². The molecule has 0 aromatic rings. The number of hydrogen-bond acceptors (Lipinski definition) is 5. The third-order valence-electron chi connectivity index (χ3n) is 6.12. The van der Waals surface area contributed by atoms with Gasteiger partial charge in [-0.3, -0.25) is 14.1 Å². The first kappa shape index (κ1) is 13.8. The maximum Gasteiger partial charge on any atom is 0.0233 e. The predicted molar refractivity (Wildman–Crippen MR) is 85.0 cm³/mol. The summed E-state index contributed by atoms with van der Waals surface area (Å²) in [5.41, 5.74) is 0. The Labute approximate surface area is 128 Å². The van der Waals surface area contributed by atoms with Crippen LogP contribution in [0.5, 0.6) is 0 Å². The smallest absolute Gasteiger partial charge is 0.0233 e. The van der Waals surface area contributed by atoms with Gasteiger partial charge < -0.3 is 5.32 Å². The van der Waals surface area contributed by atoms with Crippen LogP contribution in [0.3, 0.4) is 0 Å². The molecular weight excluding hydrogens is 268 g/mol. The van der Waals surface area contributed by atoms with Crippen LogP contribution in [-0.4, -0.2) is 78.5 Å². The molecule has 0 aromatic heterocycles. The molecule has 3 saturated heterocycles. The van der Waals surface area contributed by atoms with Gasteiger partial charge in [0, 0.05) is 57.9 Å². The van der Waals surface area contributed by atoms with Crippen molar-refractivity contribution in [1.29, 1.82) is 0 Å². The maximum atomic E-state index is 4.52. The van der Waals surface area contributed by atoms with Crippen molar-refractivity contribution in [3.05, 3.63) is 0 Å². The molecule has 1 N–H and O–H groups in total. The molecule has 0 spiro atoms. The van der Waals surface area contributed by atoms with E-state index in [4.69, 9.17) is 0 Å². The van der Waals surface area contributed by atoms with E-state index in [0.717, 1.165) is 23.9 Å². The third kappa shape index (κ3) is 2.63. The zero-order valence-corrected chi connectivity index (χ0v) is 13.3. The monoisotopic (exact) mass is 296 g/mol. The van der Waals surface area contributed by atoms with E-state index < -0.39 is 0 Å². The van der Waals surface area contributed by atoms with Crippen LogP contribution in [0.4, 0.5) is 0 Å². The van der Waals surface area contributed by atoms with Gasteiger partial charge in [-0.25, -0.2) is 0 Å². The van der Waals surface area contributed by atoms with Crippen molar-refractivity contribution in [3.8, 4) is 0 Å². The molecule has 3 heterocycles.